The Kier molecular flexibility index (Phi) is 6.36. The van der Waals surface area contributed by atoms with Gasteiger partial charge in [-0.2, -0.15) is 13.2 Å². The average molecular weight is 462 g/mol. The van der Waals surface area contributed by atoms with Gasteiger partial charge in [-0.25, -0.2) is 4.98 Å². The van der Waals surface area contributed by atoms with Crippen molar-refractivity contribution in [1.29, 1.82) is 0 Å². The highest BCUT2D eigenvalue weighted by molar-refractivity contribution is 7.10. The Morgan fingerprint density at radius 2 is 2.12 bits per heavy atom. The number of pyridine rings is 1. The fourth-order valence-corrected chi connectivity index (χ4v) is 4.61. The molecular formula is C23H22F3N3O2S. The van der Waals surface area contributed by atoms with E-state index in [9.17, 15) is 18.0 Å². The lowest BCUT2D eigenvalue weighted by Gasteiger charge is -2.10. The van der Waals surface area contributed by atoms with Crippen molar-refractivity contribution >= 4 is 23.4 Å². The van der Waals surface area contributed by atoms with Crippen molar-refractivity contribution in [3.05, 3.63) is 70.7 Å². The molecule has 9 heteroatoms. The van der Waals surface area contributed by atoms with Gasteiger partial charge in [0, 0.05) is 47.4 Å². The summed E-state index contributed by atoms with van der Waals surface area (Å²) in [7, 11) is 0. The zero-order valence-electron chi connectivity index (χ0n) is 17.4. The molecular weight excluding hydrogens is 439 g/mol. The molecule has 0 aromatic carbocycles. The Bertz CT molecular complexity index is 1170. The Balaban J connectivity index is 0.000000174. The number of alkyl halides is 3. The van der Waals surface area contributed by atoms with Crippen molar-refractivity contribution in [1.82, 2.24) is 14.3 Å². The van der Waals surface area contributed by atoms with Crippen LogP contribution in [0.3, 0.4) is 0 Å². The van der Waals surface area contributed by atoms with E-state index in [-0.39, 0.29) is 5.65 Å². The molecule has 0 radical (unpaired) electrons. The number of halogens is 3. The molecule has 1 amide bonds. The second kappa shape index (κ2) is 9.20. The number of rotatable bonds is 4. The molecule has 0 aliphatic carbocycles. The number of carbonyl (C=O) groups excluding carboxylic acids is 1. The number of hydrogen-bond acceptors (Lipinski definition) is 4. The summed E-state index contributed by atoms with van der Waals surface area (Å²) in [6, 6.07) is 6.96. The van der Waals surface area contributed by atoms with E-state index < -0.39 is 11.7 Å². The van der Waals surface area contributed by atoms with Gasteiger partial charge in [0.2, 0.25) is 6.41 Å². The van der Waals surface area contributed by atoms with Gasteiger partial charge in [-0.3, -0.25) is 4.79 Å². The summed E-state index contributed by atoms with van der Waals surface area (Å²) in [5, 5.41) is 2.10. The van der Waals surface area contributed by atoms with Crippen LogP contribution >= 0.6 is 11.3 Å². The molecule has 1 unspecified atom stereocenters. The SMILES string of the molecule is CCc1cn2cc(-c3ccoc3)cc(C(F)(F)F)c2n1.O=CN1CCC(c2cccs2)C1. The van der Waals surface area contributed by atoms with Crippen molar-refractivity contribution in [3.8, 4) is 11.1 Å². The summed E-state index contributed by atoms with van der Waals surface area (Å²) in [5.41, 5.74) is 0.861. The number of aromatic nitrogens is 2. The van der Waals surface area contributed by atoms with E-state index in [1.54, 1.807) is 29.8 Å². The number of nitrogens with zero attached hydrogens (tertiary/aromatic N) is 3. The third kappa shape index (κ3) is 4.72. The minimum Gasteiger partial charge on any atom is -0.472 e. The van der Waals surface area contributed by atoms with Gasteiger partial charge in [0.25, 0.3) is 0 Å². The van der Waals surface area contributed by atoms with Gasteiger partial charge in [0.1, 0.15) is 5.65 Å². The predicted octanol–water partition coefficient (Wildman–Crippen LogP) is 5.87. The van der Waals surface area contributed by atoms with Crippen LogP contribution in [0.25, 0.3) is 16.8 Å². The molecule has 5 rings (SSSR count). The van der Waals surface area contributed by atoms with E-state index in [0.717, 1.165) is 32.0 Å². The third-order valence-corrected chi connectivity index (χ3v) is 6.47. The first-order valence-electron chi connectivity index (χ1n) is 10.2. The number of aryl methyl sites for hydroxylation is 1. The molecule has 1 fully saturated rings. The summed E-state index contributed by atoms with van der Waals surface area (Å²) >= 11 is 1.79. The molecule has 0 N–H and O–H groups in total. The van der Waals surface area contributed by atoms with Gasteiger partial charge < -0.3 is 13.7 Å². The molecule has 5 heterocycles. The standard InChI is InChI=1S/C14H11F3N2O.C9H11NOS/c1-2-11-7-19-6-10(9-3-4-20-8-9)5-12(13(19)18-11)14(15,16)17;11-7-10-4-3-8(6-10)9-2-1-5-12-9/h3-8H,2H2,1H3;1-2,5,7-8H,3-4,6H2. The van der Waals surface area contributed by atoms with Gasteiger partial charge in [0.05, 0.1) is 23.8 Å². The van der Waals surface area contributed by atoms with Crippen LogP contribution in [-0.2, 0) is 17.4 Å². The molecule has 0 spiro atoms. The Labute approximate surface area is 187 Å². The lowest BCUT2D eigenvalue weighted by Crippen LogP contribution is -2.17. The molecule has 0 saturated carbocycles. The largest absolute Gasteiger partial charge is 0.472 e. The maximum atomic E-state index is 13.2. The fourth-order valence-electron chi connectivity index (χ4n) is 3.75. The van der Waals surface area contributed by atoms with Gasteiger partial charge in [-0.1, -0.05) is 13.0 Å². The first-order valence-corrected chi connectivity index (χ1v) is 11.1. The van der Waals surface area contributed by atoms with Gasteiger partial charge in [-0.15, -0.1) is 11.3 Å². The topological polar surface area (TPSA) is 50.8 Å². The molecule has 5 nitrogen and oxygen atoms in total. The predicted molar refractivity (Wildman–Crippen MR) is 117 cm³/mol. The monoisotopic (exact) mass is 461 g/mol. The normalized spacial score (nSPS) is 16.2. The number of amides is 1. The van der Waals surface area contributed by atoms with Crippen LogP contribution in [0.2, 0.25) is 0 Å². The number of likely N-dealkylation sites (tertiary alicyclic amines) is 1. The maximum Gasteiger partial charge on any atom is 0.420 e. The average Bonchev–Trinajstić information content (AvgIpc) is 3.57. The van der Waals surface area contributed by atoms with Crippen LogP contribution in [0.5, 0.6) is 0 Å². The van der Waals surface area contributed by atoms with Crippen LogP contribution < -0.4 is 0 Å². The fraction of sp³-hybridized carbons (Fsp3) is 0.304. The molecule has 1 atom stereocenters. The van der Waals surface area contributed by atoms with Gasteiger partial charge >= 0.3 is 6.18 Å². The lowest BCUT2D eigenvalue weighted by molar-refractivity contribution is -0.136. The van der Waals surface area contributed by atoms with E-state index in [0.29, 0.717) is 29.2 Å². The van der Waals surface area contributed by atoms with Crippen LogP contribution in [0.1, 0.15) is 35.4 Å². The van der Waals surface area contributed by atoms with E-state index in [2.05, 4.69) is 22.5 Å². The van der Waals surface area contributed by atoms with Crippen LogP contribution in [0, 0.1) is 0 Å². The number of furan rings is 1. The van der Waals surface area contributed by atoms with Crippen molar-refractivity contribution in [2.24, 2.45) is 0 Å². The van der Waals surface area contributed by atoms with E-state index in [1.165, 1.54) is 21.8 Å². The molecule has 0 bridgehead atoms. The smallest absolute Gasteiger partial charge is 0.420 e. The summed E-state index contributed by atoms with van der Waals surface area (Å²) in [6.07, 6.45) is 4.30. The van der Waals surface area contributed by atoms with Crippen molar-refractivity contribution in [2.75, 3.05) is 13.1 Å². The van der Waals surface area contributed by atoms with Crippen LogP contribution in [0.15, 0.2) is 59.0 Å². The molecule has 1 saturated heterocycles. The van der Waals surface area contributed by atoms with Gasteiger partial charge in [-0.05, 0) is 36.4 Å². The third-order valence-electron chi connectivity index (χ3n) is 5.44. The Morgan fingerprint density at radius 3 is 2.72 bits per heavy atom. The first-order chi connectivity index (χ1) is 15.4. The summed E-state index contributed by atoms with van der Waals surface area (Å²) < 4.78 is 45.9. The van der Waals surface area contributed by atoms with E-state index in [1.807, 2.05) is 11.8 Å². The highest BCUT2D eigenvalue weighted by Crippen LogP contribution is 2.35. The minimum atomic E-state index is -4.45. The maximum absolute atomic E-state index is 13.2. The number of hydrogen-bond donors (Lipinski definition) is 0. The highest BCUT2D eigenvalue weighted by atomic mass is 32.1. The van der Waals surface area contributed by atoms with E-state index >= 15 is 0 Å². The number of thiophene rings is 1. The zero-order chi connectivity index (χ0) is 22.7. The number of carbonyl (C=O) groups is 1. The zero-order valence-corrected chi connectivity index (χ0v) is 18.2. The summed E-state index contributed by atoms with van der Waals surface area (Å²) in [6.45, 7) is 3.68. The molecule has 1 aliphatic heterocycles. The summed E-state index contributed by atoms with van der Waals surface area (Å²) in [5.74, 6) is 0.593. The van der Waals surface area contributed by atoms with Crippen molar-refractivity contribution < 1.29 is 22.4 Å². The molecule has 4 aromatic heterocycles. The highest BCUT2D eigenvalue weighted by Gasteiger charge is 2.34. The minimum absolute atomic E-state index is 0.0680. The molecule has 32 heavy (non-hydrogen) atoms. The van der Waals surface area contributed by atoms with Crippen LogP contribution in [0.4, 0.5) is 13.2 Å². The molecule has 4 aromatic rings. The van der Waals surface area contributed by atoms with Crippen LogP contribution in [-0.4, -0.2) is 33.8 Å². The van der Waals surface area contributed by atoms with Gasteiger partial charge in [0.15, 0.2) is 0 Å². The lowest BCUT2D eigenvalue weighted by atomic mass is 10.1. The Morgan fingerprint density at radius 1 is 1.28 bits per heavy atom. The van der Waals surface area contributed by atoms with Crippen molar-refractivity contribution in [2.45, 2.75) is 31.9 Å². The first kappa shape index (κ1) is 22.1. The van der Waals surface area contributed by atoms with Crippen molar-refractivity contribution in [3.63, 3.8) is 0 Å². The van der Waals surface area contributed by atoms with E-state index in [4.69, 9.17) is 4.42 Å². The molecule has 168 valence electrons. The Hall–Kier alpha value is -3.07. The number of imidazole rings is 1. The quantitative estimate of drug-likeness (QED) is 0.357. The molecule has 1 aliphatic rings. The second-order valence-corrected chi connectivity index (χ2v) is 8.55. The number of fused-ring (bicyclic) bond motifs is 1. The second-order valence-electron chi connectivity index (χ2n) is 7.57. The summed E-state index contributed by atoms with van der Waals surface area (Å²) in [4.78, 5) is 17.8.